The Morgan fingerprint density at radius 1 is 1.04 bits per heavy atom. The minimum absolute atomic E-state index is 0.0308. The van der Waals surface area contributed by atoms with Crippen LogP contribution in [-0.2, 0) is 22.6 Å². The van der Waals surface area contributed by atoms with Crippen molar-refractivity contribution in [2.45, 2.75) is 18.0 Å². The van der Waals surface area contributed by atoms with Gasteiger partial charge in [-0.1, -0.05) is 24.3 Å². The third-order valence-corrected chi connectivity index (χ3v) is 5.22. The zero-order valence-electron chi connectivity index (χ0n) is 14.6. The second-order valence-corrected chi connectivity index (χ2v) is 7.27. The molecule has 0 bridgehead atoms. The molecule has 0 spiro atoms. The molecule has 1 amide bonds. The third kappa shape index (κ3) is 6.12. The Kier molecular flexibility index (Phi) is 7.05. The fourth-order valence-electron chi connectivity index (χ4n) is 2.71. The second-order valence-electron chi connectivity index (χ2n) is 6.22. The second kappa shape index (κ2) is 9.71. The van der Waals surface area contributed by atoms with Crippen molar-refractivity contribution in [3.8, 4) is 0 Å². The fraction of sp³-hybridized carbons (Fsp3) is 0.350. The quantitative estimate of drug-likeness (QED) is 0.757. The number of carbonyl (C=O) groups excluding carboxylic acids is 1. The Morgan fingerprint density at radius 3 is 2.38 bits per heavy atom. The van der Waals surface area contributed by atoms with Crippen molar-refractivity contribution in [1.82, 2.24) is 10.2 Å². The first-order valence-corrected chi connectivity index (χ1v) is 9.70. The van der Waals surface area contributed by atoms with Crippen LogP contribution in [0.5, 0.6) is 0 Å². The van der Waals surface area contributed by atoms with E-state index in [0.29, 0.717) is 12.3 Å². The highest BCUT2D eigenvalue weighted by atomic mass is 32.2. The number of nitrogens with one attached hydrogen (secondary N) is 1. The summed E-state index contributed by atoms with van der Waals surface area (Å²) in [7, 11) is 0. The van der Waals surface area contributed by atoms with Gasteiger partial charge in [-0.25, -0.2) is 4.39 Å². The molecule has 4 nitrogen and oxygen atoms in total. The number of hydrogen-bond acceptors (Lipinski definition) is 4. The molecule has 6 heteroatoms. The van der Waals surface area contributed by atoms with E-state index in [1.54, 1.807) is 12.1 Å². The van der Waals surface area contributed by atoms with Crippen LogP contribution in [0.3, 0.4) is 0 Å². The van der Waals surface area contributed by atoms with Gasteiger partial charge < -0.3 is 10.1 Å². The lowest BCUT2D eigenvalue weighted by Gasteiger charge is -2.26. The maximum absolute atomic E-state index is 12.9. The van der Waals surface area contributed by atoms with E-state index in [1.165, 1.54) is 29.5 Å². The van der Waals surface area contributed by atoms with Crippen molar-refractivity contribution in [2.75, 3.05) is 32.1 Å². The zero-order valence-corrected chi connectivity index (χ0v) is 15.4. The molecule has 1 aliphatic heterocycles. The van der Waals surface area contributed by atoms with E-state index in [1.807, 2.05) is 0 Å². The van der Waals surface area contributed by atoms with Crippen molar-refractivity contribution in [3.63, 3.8) is 0 Å². The van der Waals surface area contributed by atoms with Crippen LogP contribution in [0.15, 0.2) is 53.4 Å². The SMILES string of the molecule is O=C(CSc1ccc(F)cc1)NCc1ccc(CN2CCOCC2)cc1. The highest BCUT2D eigenvalue weighted by Gasteiger charge is 2.10. The summed E-state index contributed by atoms with van der Waals surface area (Å²) in [6.45, 7) is 5.01. The average Bonchev–Trinajstić information content (AvgIpc) is 2.68. The molecular formula is C20H23FN2O2S. The first-order chi connectivity index (χ1) is 12.7. The summed E-state index contributed by atoms with van der Waals surface area (Å²) < 4.78 is 18.2. The van der Waals surface area contributed by atoms with E-state index in [2.05, 4.69) is 34.5 Å². The molecule has 0 saturated carbocycles. The van der Waals surface area contributed by atoms with Crippen molar-refractivity contribution in [2.24, 2.45) is 0 Å². The van der Waals surface area contributed by atoms with Gasteiger partial charge in [-0.05, 0) is 35.4 Å². The van der Waals surface area contributed by atoms with E-state index in [-0.39, 0.29) is 11.7 Å². The first kappa shape index (κ1) is 18.9. The molecule has 0 radical (unpaired) electrons. The summed E-state index contributed by atoms with van der Waals surface area (Å²) in [5.41, 5.74) is 2.35. The molecule has 1 heterocycles. The van der Waals surface area contributed by atoms with Gasteiger partial charge in [-0.2, -0.15) is 0 Å². The molecule has 3 rings (SSSR count). The predicted molar refractivity (Wildman–Crippen MR) is 102 cm³/mol. The van der Waals surface area contributed by atoms with Crippen molar-refractivity contribution >= 4 is 17.7 Å². The molecule has 0 aliphatic carbocycles. The number of benzene rings is 2. The third-order valence-electron chi connectivity index (χ3n) is 4.21. The number of rotatable bonds is 7. The van der Waals surface area contributed by atoms with E-state index in [9.17, 15) is 9.18 Å². The zero-order chi connectivity index (χ0) is 18.2. The standard InChI is InChI=1S/C20H23FN2O2S/c21-18-5-7-19(8-6-18)26-15-20(24)22-13-16-1-3-17(4-2-16)14-23-9-11-25-12-10-23/h1-8H,9-15H2,(H,22,24). The average molecular weight is 374 g/mol. The monoisotopic (exact) mass is 374 g/mol. The number of morpholine rings is 1. The van der Waals surface area contributed by atoms with Crippen LogP contribution in [0, 0.1) is 5.82 Å². The van der Waals surface area contributed by atoms with E-state index in [0.717, 1.165) is 43.3 Å². The van der Waals surface area contributed by atoms with Gasteiger partial charge in [0.05, 0.1) is 19.0 Å². The molecule has 138 valence electrons. The molecule has 1 N–H and O–H groups in total. The number of carbonyl (C=O) groups is 1. The number of thioether (sulfide) groups is 1. The highest BCUT2D eigenvalue weighted by Crippen LogP contribution is 2.17. The van der Waals surface area contributed by atoms with Gasteiger partial charge >= 0.3 is 0 Å². The van der Waals surface area contributed by atoms with Gasteiger partial charge in [-0.15, -0.1) is 11.8 Å². The predicted octanol–water partition coefficient (Wildman–Crippen LogP) is 3.07. The Bertz CT molecular complexity index is 701. The summed E-state index contributed by atoms with van der Waals surface area (Å²) in [6, 6.07) is 14.5. The lowest BCUT2D eigenvalue weighted by molar-refractivity contribution is -0.118. The molecule has 0 aromatic heterocycles. The van der Waals surface area contributed by atoms with Crippen LogP contribution >= 0.6 is 11.8 Å². The van der Waals surface area contributed by atoms with Gasteiger partial charge in [0, 0.05) is 31.1 Å². The van der Waals surface area contributed by atoms with E-state index >= 15 is 0 Å². The summed E-state index contributed by atoms with van der Waals surface area (Å²) in [6.07, 6.45) is 0. The topological polar surface area (TPSA) is 41.6 Å². The van der Waals surface area contributed by atoms with Gasteiger partial charge in [-0.3, -0.25) is 9.69 Å². The molecule has 1 fully saturated rings. The molecule has 1 aliphatic rings. The van der Waals surface area contributed by atoms with Crippen LogP contribution < -0.4 is 5.32 Å². The minimum Gasteiger partial charge on any atom is -0.379 e. The smallest absolute Gasteiger partial charge is 0.230 e. The highest BCUT2D eigenvalue weighted by molar-refractivity contribution is 8.00. The van der Waals surface area contributed by atoms with Crippen molar-refractivity contribution < 1.29 is 13.9 Å². The molecule has 2 aromatic carbocycles. The van der Waals surface area contributed by atoms with Crippen LogP contribution in [0.1, 0.15) is 11.1 Å². The normalized spacial score (nSPS) is 15.0. The lowest BCUT2D eigenvalue weighted by atomic mass is 10.1. The summed E-state index contributed by atoms with van der Waals surface area (Å²) >= 11 is 1.40. The molecule has 0 unspecified atom stereocenters. The first-order valence-electron chi connectivity index (χ1n) is 8.72. The maximum atomic E-state index is 12.9. The van der Waals surface area contributed by atoms with E-state index in [4.69, 9.17) is 4.74 Å². The molecule has 2 aromatic rings. The van der Waals surface area contributed by atoms with Crippen LogP contribution in [0.25, 0.3) is 0 Å². The molecular weight excluding hydrogens is 351 g/mol. The van der Waals surface area contributed by atoms with Gasteiger partial charge in [0.25, 0.3) is 0 Å². The Hall–Kier alpha value is -1.89. The van der Waals surface area contributed by atoms with E-state index < -0.39 is 0 Å². The van der Waals surface area contributed by atoms with Gasteiger partial charge in [0.1, 0.15) is 5.82 Å². The number of ether oxygens (including phenoxy) is 1. The van der Waals surface area contributed by atoms with Crippen LogP contribution in [-0.4, -0.2) is 42.9 Å². The van der Waals surface area contributed by atoms with Gasteiger partial charge in [0.15, 0.2) is 0 Å². The molecule has 1 saturated heterocycles. The summed E-state index contributed by atoms with van der Waals surface area (Å²) in [4.78, 5) is 15.2. The van der Waals surface area contributed by atoms with Gasteiger partial charge in [0.2, 0.25) is 5.91 Å². The van der Waals surface area contributed by atoms with Crippen molar-refractivity contribution in [1.29, 1.82) is 0 Å². The number of halogens is 1. The Balaban J connectivity index is 1.39. The Morgan fingerprint density at radius 2 is 1.69 bits per heavy atom. The lowest BCUT2D eigenvalue weighted by Crippen LogP contribution is -2.35. The number of amides is 1. The Labute approximate surface area is 157 Å². The van der Waals surface area contributed by atoms with Crippen molar-refractivity contribution in [3.05, 3.63) is 65.5 Å². The maximum Gasteiger partial charge on any atom is 0.230 e. The number of hydrogen-bond donors (Lipinski definition) is 1. The summed E-state index contributed by atoms with van der Waals surface area (Å²) in [5.74, 6) is 0.0217. The van der Waals surface area contributed by atoms with Crippen LogP contribution in [0.4, 0.5) is 4.39 Å². The van der Waals surface area contributed by atoms with Crippen LogP contribution in [0.2, 0.25) is 0 Å². The number of nitrogens with zero attached hydrogens (tertiary/aromatic N) is 1. The molecule has 26 heavy (non-hydrogen) atoms. The molecule has 0 atom stereocenters. The summed E-state index contributed by atoms with van der Waals surface area (Å²) in [5, 5.41) is 2.92. The minimum atomic E-state index is -0.268. The fourth-order valence-corrected chi connectivity index (χ4v) is 3.44. The largest absolute Gasteiger partial charge is 0.379 e.